The van der Waals surface area contributed by atoms with E-state index in [1.54, 1.807) is 11.3 Å². The van der Waals surface area contributed by atoms with E-state index in [-0.39, 0.29) is 0 Å². The smallest absolute Gasteiger partial charge is 0.0797 e. The van der Waals surface area contributed by atoms with Crippen LogP contribution in [0.1, 0.15) is 16.5 Å². The Bertz CT molecular complexity index is 227. The van der Waals surface area contributed by atoms with Crippen LogP contribution in [0, 0.1) is 6.92 Å². The van der Waals surface area contributed by atoms with Gasteiger partial charge in [0.1, 0.15) is 0 Å². The molecule has 10 heavy (non-hydrogen) atoms. The van der Waals surface area contributed by atoms with Crippen molar-refractivity contribution in [3.8, 4) is 0 Å². The van der Waals surface area contributed by atoms with Crippen molar-refractivity contribution in [1.29, 1.82) is 0 Å². The lowest BCUT2D eigenvalue weighted by Crippen LogP contribution is -2.40. The lowest BCUT2D eigenvalue weighted by atomic mass is 9.99. The fourth-order valence-corrected chi connectivity index (χ4v) is 1.85. The maximum absolute atomic E-state index is 4.32. The number of rotatable bonds is 1. The maximum Gasteiger partial charge on any atom is 0.0797 e. The lowest BCUT2D eigenvalue weighted by Gasteiger charge is -2.25. The molecule has 2 nitrogen and oxygen atoms in total. The highest BCUT2D eigenvalue weighted by Crippen LogP contribution is 2.23. The predicted octanol–water partition coefficient (Wildman–Crippen LogP) is 1.14. The lowest BCUT2D eigenvalue weighted by molar-refractivity contribution is 0.440. The Labute approximate surface area is 64.3 Å². The molecule has 3 heteroatoms. The topological polar surface area (TPSA) is 24.9 Å². The molecule has 1 aromatic heterocycles. The second kappa shape index (κ2) is 2.32. The van der Waals surface area contributed by atoms with Crippen LogP contribution in [-0.2, 0) is 0 Å². The molecule has 0 spiro atoms. The van der Waals surface area contributed by atoms with Gasteiger partial charge in [-0.05, 0) is 6.92 Å². The SMILES string of the molecule is Cc1scnc1C1CNC1. The average molecular weight is 154 g/mol. The molecule has 0 amide bonds. The van der Waals surface area contributed by atoms with Gasteiger partial charge in [0.15, 0.2) is 0 Å². The minimum atomic E-state index is 0.700. The van der Waals surface area contributed by atoms with Gasteiger partial charge in [0.25, 0.3) is 0 Å². The normalized spacial score (nSPS) is 18.9. The number of nitrogens with zero attached hydrogens (tertiary/aromatic N) is 1. The zero-order valence-electron chi connectivity index (χ0n) is 5.92. The van der Waals surface area contributed by atoms with Gasteiger partial charge in [0.2, 0.25) is 0 Å². The van der Waals surface area contributed by atoms with E-state index in [0.29, 0.717) is 5.92 Å². The zero-order valence-corrected chi connectivity index (χ0v) is 6.74. The Balaban J connectivity index is 2.23. The van der Waals surface area contributed by atoms with Crippen molar-refractivity contribution in [2.24, 2.45) is 0 Å². The molecule has 1 saturated heterocycles. The first-order chi connectivity index (χ1) is 4.88. The Morgan fingerprint density at radius 2 is 2.50 bits per heavy atom. The third-order valence-corrected chi connectivity index (χ3v) is 2.72. The van der Waals surface area contributed by atoms with Crippen LogP contribution >= 0.6 is 11.3 Å². The summed E-state index contributed by atoms with van der Waals surface area (Å²) in [4.78, 5) is 5.70. The van der Waals surface area contributed by atoms with Crippen molar-refractivity contribution in [3.05, 3.63) is 16.1 Å². The fraction of sp³-hybridized carbons (Fsp3) is 0.571. The quantitative estimate of drug-likeness (QED) is 0.656. The number of thiazole rings is 1. The van der Waals surface area contributed by atoms with Crippen LogP contribution in [0.5, 0.6) is 0 Å². The highest BCUT2D eigenvalue weighted by molar-refractivity contribution is 7.09. The van der Waals surface area contributed by atoms with Crippen molar-refractivity contribution < 1.29 is 0 Å². The van der Waals surface area contributed by atoms with E-state index >= 15 is 0 Å². The van der Waals surface area contributed by atoms with Crippen LogP contribution in [0.15, 0.2) is 5.51 Å². The van der Waals surface area contributed by atoms with Crippen LogP contribution in [0.3, 0.4) is 0 Å². The third kappa shape index (κ3) is 0.859. The van der Waals surface area contributed by atoms with Gasteiger partial charge in [-0.15, -0.1) is 11.3 Å². The molecular formula is C7H10N2S. The molecule has 0 saturated carbocycles. The summed E-state index contributed by atoms with van der Waals surface area (Å²) in [5.74, 6) is 0.700. The highest BCUT2D eigenvalue weighted by Gasteiger charge is 2.22. The highest BCUT2D eigenvalue weighted by atomic mass is 32.1. The van der Waals surface area contributed by atoms with E-state index in [1.165, 1.54) is 10.6 Å². The average Bonchev–Trinajstić information content (AvgIpc) is 2.12. The standard InChI is InChI=1S/C7H10N2S/c1-5-7(9-4-10-5)6-2-8-3-6/h4,6,8H,2-3H2,1H3. The van der Waals surface area contributed by atoms with Gasteiger partial charge in [-0.1, -0.05) is 0 Å². The van der Waals surface area contributed by atoms with Gasteiger partial charge in [-0.25, -0.2) is 4.98 Å². The minimum absolute atomic E-state index is 0.700. The van der Waals surface area contributed by atoms with Gasteiger partial charge >= 0.3 is 0 Å². The first-order valence-electron chi connectivity index (χ1n) is 3.48. The number of hydrogen-bond donors (Lipinski definition) is 1. The van der Waals surface area contributed by atoms with Gasteiger partial charge in [-0.3, -0.25) is 0 Å². The summed E-state index contributed by atoms with van der Waals surface area (Å²) in [7, 11) is 0. The Morgan fingerprint density at radius 3 is 2.90 bits per heavy atom. The number of nitrogens with one attached hydrogen (secondary N) is 1. The molecule has 0 unspecified atom stereocenters. The molecule has 2 rings (SSSR count). The van der Waals surface area contributed by atoms with E-state index < -0.39 is 0 Å². The largest absolute Gasteiger partial charge is 0.315 e. The van der Waals surface area contributed by atoms with Gasteiger partial charge in [0, 0.05) is 23.9 Å². The first-order valence-corrected chi connectivity index (χ1v) is 4.36. The summed E-state index contributed by atoms with van der Waals surface area (Å²) in [5, 5.41) is 3.24. The van der Waals surface area contributed by atoms with Crippen LogP contribution < -0.4 is 5.32 Å². The third-order valence-electron chi connectivity index (χ3n) is 1.95. The molecule has 2 heterocycles. The molecular weight excluding hydrogens is 144 g/mol. The molecule has 0 radical (unpaired) electrons. The molecule has 1 aliphatic heterocycles. The van der Waals surface area contributed by atoms with Crippen LogP contribution in [0.2, 0.25) is 0 Å². The van der Waals surface area contributed by atoms with Crippen LogP contribution in [-0.4, -0.2) is 18.1 Å². The van der Waals surface area contributed by atoms with Crippen molar-refractivity contribution in [3.63, 3.8) is 0 Å². The molecule has 0 bridgehead atoms. The molecule has 1 N–H and O–H groups in total. The number of hydrogen-bond acceptors (Lipinski definition) is 3. The van der Waals surface area contributed by atoms with E-state index in [2.05, 4.69) is 17.2 Å². The molecule has 1 aliphatic rings. The summed E-state index contributed by atoms with van der Waals surface area (Å²) in [6.45, 7) is 4.38. The minimum Gasteiger partial charge on any atom is -0.315 e. The summed E-state index contributed by atoms with van der Waals surface area (Å²) >= 11 is 1.74. The first kappa shape index (κ1) is 6.31. The summed E-state index contributed by atoms with van der Waals surface area (Å²) < 4.78 is 0. The molecule has 54 valence electrons. The predicted molar refractivity (Wildman–Crippen MR) is 42.5 cm³/mol. The van der Waals surface area contributed by atoms with E-state index in [9.17, 15) is 0 Å². The fourth-order valence-electron chi connectivity index (χ4n) is 1.19. The van der Waals surface area contributed by atoms with Crippen molar-refractivity contribution >= 4 is 11.3 Å². The second-order valence-corrected chi connectivity index (χ2v) is 3.71. The summed E-state index contributed by atoms with van der Waals surface area (Å²) in [5.41, 5.74) is 3.24. The monoisotopic (exact) mass is 154 g/mol. The Kier molecular flexibility index (Phi) is 1.47. The van der Waals surface area contributed by atoms with Crippen LogP contribution in [0.4, 0.5) is 0 Å². The van der Waals surface area contributed by atoms with E-state index in [0.717, 1.165) is 13.1 Å². The van der Waals surface area contributed by atoms with E-state index in [4.69, 9.17) is 0 Å². The Hall–Kier alpha value is -0.410. The van der Waals surface area contributed by atoms with E-state index in [1.807, 2.05) is 5.51 Å². The van der Waals surface area contributed by atoms with Gasteiger partial charge < -0.3 is 5.32 Å². The maximum atomic E-state index is 4.32. The second-order valence-electron chi connectivity index (χ2n) is 2.65. The van der Waals surface area contributed by atoms with Crippen molar-refractivity contribution in [1.82, 2.24) is 10.3 Å². The molecule has 1 fully saturated rings. The zero-order chi connectivity index (χ0) is 6.97. The number of aryl methyl sites for hydroxylation is 1. The summed E-state index contributed by atoms with van der Waals surface area (Å²) in [6, 6.07) is 0. The molecule has 0 aromatic carbocycles. The van der Waals surface area contributed by atoms with Gasteiger partial charge in [0.05, 0.1) is 11.2 Å². The van der Waals surface area contributed by atoms with Gasteiger partial charge in [-0.2, -0.15) is 0 Å². The molecule has 0 aliphatic carbocycles. The van der Waals surface area contributed by atoms with Crippen LogP contribution in [0.25, 0.3) is 0 Å². The molecule has 0 atom stereocenters. The van der Waals surface area contributed by atoms with Crippen molar-refractivity contribution in [2.75, 3.05) is 13.1 Å². The Morgan fingerprint density at radius 1 is 1.70 bits per heavy atom. The summed E-state index contributed by atoms with van der Waals surface area (Å²) in [6.07, 6.45) is 0. The van der Waals surface area contributed by atoms with Crippen molar-refractivity contribution in [2.45, 2.75) is 12.8 Å². The molecule has 1 aromatic rings. The number of aromatic nitrogens is 1.